The van der Waals surface area contributed by atoms with Crippen LogP contribution in [0.1, 0.15) is 11.7 Å². The van der Waals surface area contributed by atoms with E-state index in [-0.39, 0.29) is 11.3 Å². The van der Waals surface area contributed by atoms with Crippen molar-refractivity contribution in [1.29, 1.82) is 0 Å². The molecule has 1 aromatic rings. The van der Waals surface area contributed by atoms with Gasteiger partial charge in [-0.2, -0.15) is 0 Å². The summed E-state index contributed by atoms with van der Waals surface area (Å²) in [6.07, 6.45) is -3.93. The topological polar surface area (TPSA) is 66.8 Å². The van der Waals surface area contributed by atoms with Gasteiger partial charge in [0.15, 0.2) is 0 Å². The second kappa shape index (κ2) is 4.75. The summed E-state index contributed by atoms with van der Waals surface area (Å²) in [5, 5.41) is 18.7. The molecule has 0 heterocycles. The van der Waals surface area contributed by atoms with Crippen molar-refractivity contribution in [1.82, 2.24) is 0 Å². The molecule has 0 bridgehead atoms. The van der Waals surface area contributed by atoms with Gasteiger partial charge in [-0.15, -0.1) is 0 Å². The number of methoxy groups -OCH3 is 1. The first kappa shape index (κ1) is 11.5. The van der Waals surface area contributed by atoms with E-state index in [1.807, 2.05) is 0 Å². The second-order valence-corrected chi connectivity index (χ2v) is 2.93. The van der Waals surface area contributed by atoms with E-state index < -0.39 is 18.2 Å². The van der Waals surface area contributed by atoms with Gasteiger partial charge in [0, 0.05) is 5.56 Å². The van der Waals surface area contributed by atoms with Crippen LogP contribution in [0.5, 0.6) is 5.75 Å². The lowest BCUT2D eigenvalue weighted by molar-refractivity contribution is -0.151. The van der Waals surface area contributed by atoms with Crippen molar-refractivity contribution in [3.05, 3.63) is 29.8 Å². The van der Waals surface area contributed by atoms with Crippen molar-refractivity contribution in [3.8, 4) is 5.75 Å². The van der Waals surface area contributed by atoms with Crippen molar-refractivity contribution in [3.63, 3.8) is 0 Å². The Bertz CT molecular complexity index is 353. The Morgan fingerprint density at radius 3 is 2.60 bits per heavy atom. The van der Waals surface area contributed by atoms with Crippen LogP contribution in [0.3, 0.4) is 0 Å². The highest BCUT2D eigenvalue weighted by Gasteiger charge is 2.30. The lowest BCUT2D eigenvalue weighted by Gasteiger charge is -2.14. The number of para-hydroxylation sites is 1. The molecule has 0 amide bonds. The first-order chi connectivity index (χ1) is 7.07. The second-order valence-electron chi connectivity index (χ2n) is 2.93. The van der Waals surface area contributed by atoms with E-state index in [9.17, 15) is 19.4 Å². The summed E-state index contributed by atoms with van der Waals surface area (Å²) in [5.74, 6) is -1.44. The standard InChI is InChI=1S/C10H11FO4/c1-15-10(14)8(11)9(13)6-4-2-3-5-7(6)12/h2-5,8-9,12-13H,1H3. The van der Waals surface area contributed by atoms with Gasteiger partial charge in [0.25, 0.3) is 0 Å². The highest BCUT2D eigenvalue weighted by Crippen LogP contribution is 2.27. The molecule has 0 fully saturated rings. The molecule has 15 heavy (non-hydrogen) atoms. The summed E-state index contributed by atoms with van der Waals surface area (Å²) in [6, 6.07) is 5.66. The Labute approximate surface area is 85.9 Å². The summed E-state index contributed by atoms with van der Waals surface area (Å²) in [4.78, 5) is 10.8. The SMILES string of the molecule is COC(=O)C(F)C(O)c1ccccc1O. The zero-order valence-corrected chi connectivity index (χ0v) is 8.05. The molecular formula is C10H11FO4. The maximum Gasteiger partial charge on any atom is 0.343 e. The number of aliphatic hydroxyl groups excluding tert-OH is 1. The third kappa shape index (κ3) is 2.44. The van der Waals surface area contributed by atoms with Crippen molar-refractivity contribution in [2.75, 3.05) is 7.11 Å². The number of phenolic OH excluding ortho intramolecular Hbond substituents is 1. The van der Waals surface area contributed by atoms with E-state index in [1.54, 1.807) is 0 Å². The predicted octanol–water partition coefficient (Wildman–Crippen LogP) is 0.937. The Balaban J connectivity index is 2.89. The zero-order valence-electron chi connectivity index (χ0n) is 8.05. The third-order valence-electron chi connectivity index (χ3n) is 1.96. The smallest absolute Gasteiger partial charge is 0.343 e. The van der Waals surface area contributed by atoms with Gasteiger partial charge < -0.3 is 14.9 Å². The lowest BCUT2D eigenvalue weighted by Crippen LogP contribution is -2.25. The number of hydrogen-bond donors (Lipinski definition) is 2. The Morgan fingerprint density at radius 1 is 1.47 bits per heavy atom. The predicted molar refractivity (Wildman–Crippen MR) is 50.0 cm³/mol. The Kier molecular flexibility index (Phi) is 3.62. The van der Waals surface area contributed by atoms with Crippen LogP contribution in [0.15, 0.2) is 24.3 Å². The van der Waals surface area contributed by atoms with Crippen LogP contribution < -0.4 is 0 Å². The maximum atomic E-state index is 13.2. The first-order valence-electron chi connectivity index (χ1n) is 4.25. The summed E-state index contributed by atoms with van der Waals surface area (Å²) in [5.41, 5.74) is -0.0459. The molecular weight excluding hydrogens is 203 g/mol. The average Bonchev–Trinajstić information content (AvgIpc) is 2.26. The van der Waals surface area contributed by atoms with Crippen LogP contribution in [-0.2, 0) is 9.53 Å². The van der Waals surface area contributed by atoms with Crippen LogP contribution in [-0.4, -0.2) is 29.5 Å². The molecule has 2 atom stereocenters. The number of phenols is 1. The number of aliphatic hydroxyl groups is 1. The van der Waals surface area contributed by atoms with Crippen LogP contribution in [0.4, 0.5) is 4.39 Å². The number of aromatic hydroxyl groups is 1. The molecule has 0 aromatic heterocycles. The van der Waals surface area contributed by atoms with E-state index in [0.29, 0.717) is 0 Å². The molecule has 0 aliphatic carbocycles. The third-order valence-corrected chi connectivity index (χ3v) is 1.96. The fraction of sp³-hybridized carbons (Fsp3) is 0.300. The van der Waals surface area contributed by atoms with Gasteiger partial charge in [-0.1, -0.05) is 18.2 Å². The monoisotopic (exact) mass is 214 g/mol. The van der Waals surface area contributed by atoms with Crippen molar-refractivity contribution in [2.24, 2.45) is 0 Å². The van der Waals surface area contributed by atoms with Gasteiger partial charge in [-0.3, -0.25) is 0 Å². The van der Waals surface area contributed by atoms with Crippen LogP contribution in [0.2, 0.25) is 0 Å². The first-order valence-corrected chi connectivity index (χ1v) is 4.25. The number of rotatable bonds is 3. The molecule has 4 nitrogen and oxygen atoms in total. The van der Waals surface area contributed by atoms with Gasteiger partial charge in [0.2, 0.25) is 6.17 Å². The number of ether oxygens (including phenoxy) is 1. The fourth-order valence-electron chi connectivity index (χ4n) is 1.14. The molecule has 0 spiro atoms. The molecule has 82 valence electrons. The number of carbonyl (C=O) groups is 1. The van der Waals surface area contributed by atoms with Gasteiger partial charge in [0.1, 0.15) is 11.9 Å². The van der Waals surface area contributed by atoms with Crippen molar-refractivity contribution >= 4 is 5.97 Å². The Hall–Kier alpha value is -1.62. The summed E-state index contributed by atoms with van der Waals surface area (Å²) in [7, 11) is 1.02. The number of hydrogen-bond acceptors (Lipinski definition) is 4. The molecule has 0 aliphatic rings. The van der Waals surface area contributed by atoms with Gasteiger partial charge in [-0.05, 0) is 6.07 Å². The molecule has 0 saturated carbocycles. The number of halogens is 1. The zero-order chi connectivity index (χ0) is 11.4. The summed E-state index contributed by atoms with van der Waals surface area (Å²) < 4.78 is 17.4. The summed E-state index contributed by atoms with van der Waals surface area (Å²) >= 11 is 0. The maximum absolute atomic E-state index is 13.2. The summed E-state index contributed by atoms with van der Waals surface area (Å²) in [6.45, 7) is 0. The average molecular weight is 214 g/mol. The molecule has 0 aliphatic heterocycles. The van der Waals surface area contributed by atoms with Gasteiger partial charge >= 0.3 is 5.97 Å². The number of carbonyl (C=O) groups excluding carboxylic acids is 1. The van der Waals surface area contributed by atoms with Gasteiger partial charge in [-0.25, -0.2) is 9.18 Å². The quantitative estimate of drug-likeness (QED) is 0.735. The number of alkyl halides is 1. The molecule has 1 aromatic carbocycles. The molecule has 2 unspecified atom stereocenters. The highest BCUT2D eigenvalue weighted by molar-refractivity contribution is 5.75. The van der Waals surface area contributed by atoms with Crippen LogP contribution >= 0.6 is 0 Å². The number of benzene rings is 1. The van der Waals surface area contributed by atoms with E-state index in [0.717, 1.165) is 7.11 Å². The molecule has 5 heteroatoms. The van der Waals surface area contributed by atoms with Crippen molar-refractivity contribution in [2.45, 2.75) is 12.3 Å². The minimum Gasteiger partial charge on any atom is -0.508 e. The van der Waals surface area contributed by atoms with E-state index in [4.69, 9.17) is 0 Å². The van der Waals surface area contributed by atoms with Crippen LogP contribution in [0, 0.1) is 0 Å². The minimum absolute atomic E-state index is 0.0459. The molecule has 1 rings (SSSR count). The lowest BCUT2D eigenvalue weighted by atomic mass is 10.0. The largest absolute Gasteiger partial charge is 0.508 e. The minimum atomic E-state index is -2.21. The van der Waals surface area contributed by atoms with Gasteiger partial charge in [0.05, 0.1) is 7.11 Å². The highest BCUT2D eigenvalue weighted by atomic mass is 19.1. The van der Waals surface area contributed by atoms with Crippen molar-refractivity contribution < 1.29 is 24.1 Å². The molecule has 0 radical (unpaired) electrons. The van der Waals surface area contributed by atoms with E-state index in [2.05, 4.69) is 4.74 Å². The normalized spacial score (nSPS) is 14.3. The van der Waals surface area contributed by atoms with E-state index >= 15 is 0 Å². The van der Waals surface area contributed by atoms with Crippen LogP contribution in [0.25, 0.3) is 0 Å². The fourth-order valence-corrected chi connectivity index (χ4v) is 1.14. The Morgan fingerprint density at radius 2 is 2.07 bits per heavy atom. The molecule has 2 N–H and O–H groups in total. The number of esters is 1. The molecule has 0 saturated heterocycles. The van der Waals surface area contributed by atoms with E-state index in [1.165, 1.54) is 24.3 Å².